The van der Waals surface area contributed by atoms with E-state index in [1.165, 1.54) is 0 Å². The summed E-state index contributed by atoms with van der Waals surface area (Å²) in [6, 6.07) is 11.8. The topological polar surface area (TPSA) is 50.9 Å². The summed E-state index contributed by atoms with van der Waals surface area (Å²) in [7, 11) is 1.96. The Bertz CT molecular complexity index is 720. The third-order valence-electron chi connectivity index (χ3n) is 3.52. The molecule has 1 aromatic carbocycles. The molecule has 3 aromatic rings. The molecule has 0 amide bonds. The molecule has 2 heterocycles. The molecule has 1 unspecified atom stereocenters. The van der Waals surface area contributed by atoms with E-state index in [1.807, 2.05) is 54.2 Å². The van der Waals surface area contributed by atoms with Crippen LogP contribution in [0, 0.1) is 0 Å². The van der Waals surface area contributed by atoms with Crippen molar-refractivity contribution in [2.45, 2.75) is 18.9 Å². The quantitative estimate of drug-likeness (QED) is 0.790. The maximum atomic E-state index is 10.3. The van der Waals surface area contributed by atoms with Gasteiger partial charge in [0, 0.05) is 31.2 Å². The molecule has 20 heavy (non-hydrogen) atoms. The Morgan fingerprint density at radius 1 is 1.20 bits per heavy atom. The Kier molecular flexibility index (Phi) is 3.48. The maximum Gasteiger partial charge on any atom is 0.108 e. The molecule has 3 rings (SSSR count). The number of fused-ring (bicyclic) bond motifs is 1. The van der Waals surface area contributed by atoms with Gasteiger partial charge < -0.3 is 9.67 Å². The number of hydrogen-bond acceptors (Lipinski definition) is 3. The summed E-state index contributed by atoms with van der Waals surface area (Å²) >= 11 is 0. The molecule has 0 spiro atoms. The average Bonchev–Trinajstić information content (AvgIpc) is 2.89. The number of benzene rings is 1. The lowest BCUT2D eigenvalue weighted by Gasteiger charge is -2.10. The maximum absolute atomic E-state index is 10.3. The van der Waals surface area contributed by atoms with Crippen LogP contribution in [0.5, 0.6) is 0 Å². The van der Waals surface area contributed by atoms with E-state index < -0.39 is 6.10 Å². The Balaban J connectivity index is 1.75. The molecule has 1 N–H and O–H groups in total. The van der Waals surface area contributed by atoms with Crippen molar-refractivity contribution in [3.63, 3.8) is 0 Å². The molecule has 0 aliphatic rings. The summed E-state index contributed by atoms with van der Waals surface area (Å²) in [6.07, 6.45) is 4.48. The van der Waals surface area contributed by atoms with Crippen molar-refractivity contribution in [3.8, 4) is 0 Å². The highest BCUT2D eigenvalue weighted by atomic mass is 16.3. The summed E-state index contributed by atoms with van der Waals surface area (Å²) in [5.41, 5.74) is 1.64. The number of aliphatic hydroxyl groups is 1. The minimum absolute atomic E-state index is 0.559. The van der Waals surface area contributed by atoms with Crippen LogP contribution >= 0.6 is 0 Å². The number of rotatable bonds is 4. The fourth-order valence-electron chi connectivity index (χ4n) is 2.32. The fraction of sp³-hybridized carbons (Fsp3) is 0.250. The number of aromatic nitrogens is 3. The Morgan fingerprint density at radius 2 is 2.05 bits per heavy atom. The van der Waals surface area contributed by atoms with Gasteiger partial charge in [0.05, 0.1) is 17.3 Å². The third kappa shape index (κ3) is 2.56. The van der Waals surface area contributed by atoms with Crippen LogP contribution < -0.4 is 0 Å². The van der Waals surface area contributed by atoms with E-state index in [4.69, 9.17) is 0 Å². The van der Waals surface area contributed by atoms with Crippen LogP contribution in [0.2, 0.25) is 0 Å². The minimum atomic E-state index is -0.559. The van der Waals surface area contributed by atoms with E-state index >= 15 is 0 Å². The first kappa shape index (κ1) is 12.8. The lowest BCUT2D eigenvalue weighted by molar-refractivity contribution is 0.162. The van der Waals surface area contributed by atoms with Gasteiger partial charge in [0.2, 0.25) is 0 Å². The Hall–Kier alpha value is -2.20. The molecular formula is C16H17N3O. The van der Waals surface area contributed by atoms with E-state index in [0.717, 1.165) is 28.8 Å². The summed E-state index contributed by atoms with van der Waals surface area (Å²) in [5, 5.41) is 11.4. The van der Waals surface area contributed by atoms with E-state index in [0.29, 0.717) is 6.42 Å². The molecule has 0 radical (unpaired) electrons. The van der Waals surface area contributed by atoms with Crippen LogP contribution in [0.4, 0.5) is 0 Å². The lowest BCUT2D eigenvalue weighted by Crippen LogP contribution is -2.05. The highest BCUT2D eigenvalue weighted by molar-refractivity contribution is 5.78. The second kappa shape index (κ2) is 5.43. The van der Waals surface area contributed by atoms with Gasteiger partial charge in [0.25, 0.3) is 0 Å². The van der Waals surface area contributed by atoms with Crippen molar-refractivity contribution >= 4 is 10.9 Å². The van der Waals surface area contributed by atoms with Gasteiger partial charge in [0.1, 0.15) is 5.82 Å². The first-order chi connectivity index (χ1) is 9.74. The Morgan fingerprint density at radius 3 is 2.85 bits per heavy atom. The number of imidazole rings is 1. The first-order valence-electron chi connectivity index (χ1n) is 6.74. The van der Waals surface area contributed by atoms with Crippen LogP contribution in [0.3, 0.4) is 0 Å². The summed E-state index contributed by atoms with van der Waals surface area (Å²) in [4.78, 5) is 8.78. The highest BCUT2D eigenvalue weighted by Gasteiger charge is 2.11. The molecule has 1 atom stereocenters. The molecule has 102 valence electrons. The molecule has 4 nitrogen and oxygen atoms in total. The van der Waals surface area contributed by atoms with Gasteiger partial charge in [-0.1, -0.05) is 24.3 Å². The van der Waals surface area contributed by atoms with Gasteiger partial charge in [-0.2, -0.15) is 0 Å². The zero-order valence-corrected chi connectivity index (χ0v) is 11.4. The molecule has 2 aromatic heterocycles. The number of aliphatic hydroxyl groups excluding tert-OH is 1. The fourth-order valence-corrected chi connectivity index (χ4v) is 2.32. The zero-order valence-electron chi connectivity index (χ0n) is 11.4. The molecule has 0 fully saturated rings. The van der Waals surface area contributed by atoms with E-state index in [-0.39, 0.29) is 0 Å². The predicted octanol–water partition coefficient (Wildman–Crippen LogP) is 2.63. The highest BCUT2D eigenvalue weighted by Crippen LogP contribution is 2.20. The molecule has 0 saturated carbocycles. The van der Waals surface area contributed by atoms with Gasteiger partial charge >= 0.3 is 0 Å². The second-order valence-electron chi connectivity index (χ2n) is 4.94. The van der Waals surface area contributed by atoms with Crippen molar-refractivity contribution in [2.75, 3.05) is 0 Å². The van der Waals surface area contributed by atoms with Crippen LogP contribution in [-0.4, -0.2) is 19.6 Å². The molecule has 0 aliphatic carbocycles. The molecule has 0 saturated heterocycles. The van der Waals surface area contributed by atoms with Crippen molar-refractivity contribution < 1.29 is 5.11 Å². The molecular weight excluding hydrogens is 250 g/mol. The van der Waals surface area contributed by atoms with Crippen LogP contribution in [0.25, 0.3) is 10.9 Å². The predicted molar refractivity (Wildman–Crippen MR) is 78.2 cm³/mol. The lowest BCUT2D eigenvalue weighted by atomic mass is 10.1. The van der Waals surface area contributed by atoms with E-state index in [1.54, 1.807) is 6.20 Å². The summed E-state index contributed by atoms with van der Waals surface area (Å²) < 4.78 is 1.97. The minimum Gasteiger partial charge on any atom is -0.387 e. The van der Waals surface area contributed by atoms with Gasteiger partial charge in [0.15, 0.2) is 0 Å². The SMILES string of the molecule is Cn1ccnc1CCC(O)c1ccc2ccccc2n1. The smallest absolute Gasteiger partial charge is 0.108 e. The third-order valence-corrected chi connectivity index (χ3v) is 3.52. The summed E-state index contributed by atoms with van der Waals surface area (Å²) in [5.74, 6) is 0.977. The van der Waals surface area contributed by atoms with Gasteiger partial charge in [-0.3, -0.25) is 4.98 Å². The van der Waals surface area contributed by atoms with Crippen LogP contribution in [-0.2, 0) is 13.5 Å². The molecule has 4 heteroatoms. The number of nitrogens with zero attached hydrogens (tertiary/aromatic N) is 3. The number of para-hydroxylation sites is 1. The van der Waals surface area contributed by atoms with E-state index in [2.05, 4.69) is 9.97 Å². The number of aryl methyl sites for hydroxylation is 2. The van der Waals surface area contributed by atoms with Crippen molar-refractivity contribution in [1.29, 1.82) is 0 Å². The monoisotopic (exact) mass is 267 g/mol. The average molecular weight is 267 g/mol. The molecule has 0 bridgehead atoms. The summed E-state index contributed by atoms with van der Waals surface area (Å²) in [6.45, 7) is 0. The van der Waals surface area contributed by atoms with Crippen LogP contribution in [0.1, 0.15) is 24.0 Å². The zero-order chi connectivity index (χ0) is 13.9. The van der Waals surface area contributed by atoms with Gasteiger partial charge in [-0.05, 0) is 18.6 Å². The Labute approximate surface area is 117 Å². The van der Waals surface area contributed by atoms with Gasteiger partial charge in [-0.25, -0.2) is 4.98 Å². The van der Waals surface area contributed by atoms with Crippen LogP contribution in [0.15, 0.2) is 48.8 Å². The standard InChI is InChI=1S/C16H17N3O/c1-19-11-10-17-16(19)9-8-15(20)14-7-6-12-4-2-3-5-13(12)18-14/h2-7,10-11,15,20H,8-9H2,1H3. The second-order valence-corrected chi connectivity index (χ2v) is 4.94. The number of hydrogen-bond donors (Lipinski definition) is 1. The van der Waals surface area contributed by atoms with Crippen molar-refractivity contribution in [3.05, 3.63) is 60.3 Å². The van der Waals surface area contributed by atoms with Gasteiger partial charge in [-0.15, -0.1) is 0 Å². The first-order valence-corrected chi connectivity index (χ1v) is 6.74. The number of pyridine rings is 1. The molecule has 0 aliphatic heterocycles. The normalized spacial score (nSPS) is 12.7. The van der Waals surface area contributed by atoms with E-state index in [9.17, 15) is 5.11 Å². The van der Waals surface area contributed by atoms with Crippen molar-refractivity contribution in [2.24, 2.45) is 7.05 Å². The largest absolute Gasteiger partial charge is 0.387 e. The van der Waals surface area contributed by atoms with Crippen molar-refractivity contribution in [1.82, 2.24) is 14.5 Å².